The highest BCUT2D eigenvalue weighted by Crippen LogP contribution is 2.32. The molecule has 0 unspecified atom stereocenters. The summed E-state index contributed by atoms with van der Waals surface area (Å²) in [4.78, 5) is 17.7. The summed E-state index contributed by atoms with van der Waals surface area (Å²) in [6.07, 6.45) is 3.23. The molecule has 6 heteroatoms. The van der Waals surface area contributed by atoms with Gasteiger partial charge < -0.3 is 4.74 Å². The number of aryl methyl sites for hydroxylation is 1. The fourth-order valence-electron chi connectivity index (χ4n) is 2.43. The predicted molar refractivity (Wildman–Crippen MR) is 88.9 cm³/mol. The number of thiazole rings is 1. The van der Waals surface area contributed by atoms with E-state index in [1.165, 1.54) is 11.3 Å². The number of rotatable bonds is 4. The van der Waals surface area contributed by atoms with Crippen LogP contribution in [0.5, 0.6) is 5.75 Å². The van der Waals surface area contributed by atoms with E-state index in [0.29, 0.717) is 21.8 Å². The maximum atomic E-state index is 11.9. The highest BCUT2D eigenvalue weighted by atomic mass is 35.5. The number of amides is 1. The molecule has 1 aliphatic carbocycles. The largest absolute Gasteiger partial charge is 0.484 e. The number of fused-ring (bicyclic) bond motifs is 1. The minimum absolute atomic E-state index is 0.0394. The lowest BCUT2D eigenvalue weighted by atomic mass is 9.93. The second-order valence-electron chi connectivity index (χ2n) is 5.53. The van der Waals surface area contributed by atoms with E-state index >= 15 is 0 Å². The molecule has 0 aliphatic heterocycles. The van der Waals surface area contributed by atoms with Crippen LogP contribution in [0.1, 0.15) is 23.9 Å². The number of nitrogens with one attached hydrogen (secondary N) is 1. The molecular weight excluding hydrogens is 320 g/mol. The molecule has 0 fully saturated rings. The SMILES string of the molecule is C[C@@H]1CCc2nc(NC(=O)COc3ccc(Cl)cc3)sc2C1. The smallest absolute Gasteiger partial charge is 0.264 e. The Kier molecular flexibility index (Phi) is 4.64. The van der Waals surface area contributed by atoms with Crippen molar-refractivity contribution in [2.24, 2.45) is 5.92 Å². The summed E-state index contributed by atoms with van der Waals surface area (Å²) >= 11 is 7.37. The molecule has 3 rings (SSSR count). The first kappa shape index (κ1) is 15.3. The van der Waals surface area contributed by atoms with Crippen molar-refractivity contribution < 1.29 is 9.53 Å². The van der Waals surface area contributed by atoms with Crippen molar-refractivity contribution in [1.82, 2.24) is 4.98 Å². The molecule has 0 saturated heterocycles. The Hall–Kier alpha value is -1.59. The zero-order valence-corrected chi connectivity index (χ0v) is 13.8. The molecule has 1 amide bonds. The van der Waals surface area contributed by atoms with Gasteiger partial charge in [0.15, 0.2) is 11.7 Å². The van der Waals surface area contributed by atoms with Crippen molar-refractivity contribution in [3.63, 3.8) is 0 Å². The summed E-state index contributed by atoms with van der Waals surface area (Å²) in [5, 5.41) is 4.12. The number of benzene rings is 1. The van der Waals surface area contributed by atoms with Crippen LogP contribution in [0, 0.1) is 5.92 Å². The van der Waals surface area contributed by atoms with E-state index < -0.39 is 0 Å². The number of hydrogen-bond acceptors (Lipinski definition) is 4. The van der Waals surface area contributed by atoms with Gasteiger partial charge in [0.2, 0.25) is 0 Å². The van der Waals surface area contributed by atoms with Crippen LogP contribution in [0.15, 0.2) is 24.3 Å². The number of aromatic nitrogens is 1. The summed E-state index contributed by atoms with van der Waals surface area (Å²) in [5.41, 5.74) is 1.14. The van der Waals surface area contributed by atoms with Crippen molar-refractivity contribution in [3.05, 3.63) is 39.9 Å². The Morgan fingerprint density at radius 1 is 1.45 bits per heavy atom. The van der Waals surface area contributed by atoms with Crippen LogP contribution in [0.2, 0.25) is 5.02 Å². The lowest BCUT2D eigenvalue weighted by Crippen LogP contribution is -2.20. The van der Waals surface area contributed by atoms with E-state index in [4.69, 9.17) is 16.3 Å². The molecule has 22 heavy (non-hydrogen) atoms. The average Bonchev–Trinajstić information content (AvgIpc) is 2.88. The Labute approximate surface area is 138 Å². The van der Waals surface area contributed by atoms with E-state index in [1.807, 2.05) is 0 Å². The Balaban J connectivity index is 1.54. The molecule has 0 radical (unpaired) electrons. The quantitative estimate of drug-likeness (QED) is 0.920. The first-order valence-corrected chi connectivity index (χ1v) is 8.46. The normalized spacial score (nSPS) is 16.9. The van der Waals surface area contributed by atoms with Crippen LogP contribution in [-0.2, 0) is 17.6 Å². The average molecular weight is 337 g/mol. The van der Waals surface area contributed by atoms with Crippen molar-refractivity contribution in [1.29, 1.82) is 0 Å². The third kappa shape index (κ3) is 3.78. The highest BCUT2D eigenvalue weighted by Gasteiger charge is 2.20. The summed E-state index contributed by atoms with van der Waals surface area (Å²) in [6, 6.07) is 6.92. The number of anilines is 1. The molecule has 1 N–H and O–H groups in total. The van der Waals surface area contributed by atoms with Gasteiger partial charge in [0.1, 0.15) is 5.75 Å². The molecule has 1 aromatic heterocycles. The Morgan fingerprint density at radius 2 is 2.23 bits per heavy atom. The van der Waals surface area contributed by atoms with Gasteiger partial charge in [-0.3, -0.25) is 10.1 Å². The Morgan fingerprint density at radius 3 is 3.00 bits per heavy atom. The number of carbonyl (C=O) groups excluding carboxylic acids is 1. The molecule has 1 aliphatic rings. The number of nitrogens with zero attached hydrogens (tertiary/aromatic N) is 1. The third-order valence-corrected chi connectivity index (χ3v) is 4.90. The number of halogens is 1. The van der Waals surface area contributed by atoms with Crippen LogP contribution in [-0.4, -0.2) is 17.5 Å². The topological polar surface area (TPSA) is 51.2 Å². The molecule has 0 saturated carbocycles. The lowest BCUT2D eigenvalue weighted by molar-refractivity contribution is -0.118. The second kappa shape index (κ2) is 6.67. The first-order valence-electron chi connectivity index (χ1n) is 7.27. The number of ether oxygens (including phenoxy) is 1. The fourth-order valence-corrected chi connectivity index (χ4v) is 3.74. The Bertz CT molecular complexity index is 669. The maximum Gasteiger partial charge on any atom is 0.264 e. The van der Waals surface area contributed by atoms with E-state index in [9.17, 15) is 4.79 Å². The van der Waals surface area contributed by atoms with E-state index in [2.05, 4.69) is 17.2 Å². The third-order valence-electron chi connectivity index (χ3n) is 3.62. The van der Waals surface area contributed by atoms with E-state index in [-0.39, 0.29) is 12.5 Å². The van der Waals surface area contributed by atoms with Crippen molar-refractivity contribution in [2.45, 2.75) is 26.2 Å². The first-order chi connectivity index (χ1) is 10.6. The molecule has 2 aromatic rings. The number of hydrogen-bond donors (Lipinski definition) is 1. The van der Waals surface area contributed by atoms with Crippen LogP contribution < -0.4 is 10.1 Å². The molecule has 1 atom stereocenters. The van der Waals surface area contributed by atoms with Gasteiger partial charge in [0.25, 0.3) is 5.91 Å². The maximum absolute atomic E-state index is 11.9. The summed E-state index contributed by atoms with van der Waals surface area (Å²) < 4.78 is 5.42. The molecule has 0 spiro atoms. The standard InChI is InChI=1S/C16H17ClN2O2S/c1-10-2-7-13-14(8-10)22-16(18-13)19-15(20)9-21-12-5-3-11(17)4-6-12/h3-6,10H,2,7-9H2,1H3,(H,18,19,20)/t10-/m1/s1. The predicted octanol–water partition coefficient (Wildman–Crippen LogP) is 3.94. The molecule has 1 aromatic carbocycles. The molecular formula is C16H17ClN2O2S. The highest BCUT2D eigenvalue weighted by molar-refractivity contribution is 7.15. The van der Waals surface area contributed by atoms with Crippen LogP contribution in [0.3, 0.4) is 0 Å². The summed E-state index contributed by atoms with van der Waals surface area (Å²) in [6.45, 7) is 2.21. The second-order valence-corrected chi connectivity index (χ2v) is 7.05. The molecule has 1 heterocycles. The van der Waals surface area contributed by atoms with Gasteiger partial charge in [-0.2, -0.15) is 0 Å². The van der Waals surface area contributed by atoms with Gasteiger partial charge in [0, 0.05) is 9.90 Å². The number of carbonyl (C=O) groups is 1. The minimum Gasteiger partial charge on any atom is -0.484 e. The van der Waals surface area contributed by atoms with Gasteiger partial charge in [-0.15, -0.1) is 11.3 Å². The zero-order valence-electron chi connectivity index (χ0n) is 12.3. The van der Waals surface area contributed by atoms with Crippen molar-refractivity contribution in [2.75, 3.05) is 11.9 Å². The van der Waals surface area contributed by atoms with Gasteiger partial charge in [-0.1, -0.05) is 18.5 Å². The summed E-state index contributed by atoms with van der Waals surface area (Å²) in [5.74, 6) is 1.12. The van der Waals surface area contributed by atoms with E-state index in [0.717, 1.165) is 18.5 Å². The van der Waals surface area contributed by atoms with Gasteiger partial charge in [-0.25, -0.2) is 4.98 Å². The van der Waals surface area contributed by atoms with Gasteiger partial charge >= 0.3 is 0 Å². The zero-order chi connectivity index (χ0) is 15.5. The lowest BCUT2D eigenvalue weighted by Gasteiger charge is -2.15. The van der Waals surface area contributed by atoms with Gasteiger partial charge in [0.05, 0.1) is 5.69 Å². The summed E-state index contributed by atoms with van der Waals surface area (Å²) in [7, 11) is 0. The van der Waals surface area contributed by atoms with E-state index in [1.54, 1.807) is 35.6 Å². The van der Waals surface area contributed by atoms with Crippen LogP contribution in [0.4, 0.5) is 5.13 Å². The monoisotopic (exact) mass is 336 g/mol. The van der Waals surface area contributed by atoms with Crippen LogP contribution in [0.25, 0.3) is 0 Å². The molecule has 4 nitrogen and oxygen atoms in total. The van der Waals surface area contributed by atoms with Gasteiger partial charge in [-0.05, 0) is 49.4 Å². The van der Waals surface area contributed by atoms with Crippen molar-refractivity contribution >= 4 is 34.0 Å². The molecule has 0 bridgehead atoms. The van der Waals surface area contributed by atoms with Crippen molar-refractivity contribution in [3.8, 4) is 5.75 Å². The minimum atomic E-state index is -0.200. The van der Waals surface area contributed by atoms with Crippen LogP contribution >= 0.6 is 22.9 Å². The fraction of sp³-hybridized carbons (Fsp3) is 0.375. The molecule has 116 valence electrons.